The second-order valence-corrected chi connectivity index (χ2v) is 8.57. The first kappa shape index (κ1) is 19.9. The van der Waals surface area contributed by atoms with Crippen LogP contribution in [0.15, 0.2) is 41.5 Å². The van der Waals surface area contributed by atoms with Gasteiger partial charge in [-0.15, -0.1) is 0 Å². The first-order valence-electron chi connectivity index (χ1n) is 10.2. The molecule has 4 heteroatoms. The van der Waals surface area contributed by atoms with Crippen LogP contribution in [0.3, 0.4) is 0 Å². The van der Waals surface area contributed by atoms with Gasteiger partial charge >= 0.3 is 0 Å². The average Bonchev–Trinajstić information content (AvgIpc) is 3.21. The maximum atomic E-state index is 7.40. The van der Waals surface area contributed by atoms with Crippen LogP contribution in [0.4, 0.5) is 0 Å². The molecule has 0 spiro atoms. The van der Waals surface area contributed by atoms with Crippen LogP contribution in [0.2, 0.25) is 0 Å². The molecule has 0 saturated carbocycles. The number of nitrogens with one attached hydrogen (secondary N) is 1. The van der Waals surface area contributed by atoms with E-state index in [1.807, 2.05) is 0 Å². The third kappa shape index (κ3) is 4.17. The highest BCUT2D eigenvalue weighted by Crippen LogP contribution is 2.44. The fraction of sp³-hybridized carbons (Fsp3) is 0.636. The Bertz CT molecular complexity index is 599. The Morgan fingerprint density at radius 2 is 1.85 bits per heavy atom. The number of hydrogen-bond acceptors (Lipinski definition) is 3. The minimum absolute atomic E-state index is 0.232. The molecule has 2 heterocycles. The predicted octanol–water partition coefficient (Wildman–Crippen LogP) is 4.76. The molecule has 2 fully saturated rings. The van der Waals surface area contributed by atoms with Gasteiger partial charge in [0.05, 0.1) is 6.04 Å². The Morgan fingerprint density at radius 1 is 1.15 bits per heavy atom. The van der Waals surface area contributed by atoms with Crippen molar-refractivity contribution in [3.8, 4) is 0 Å². The summed E-state index contributed by atoms with van der Waals surface area (Å²) in [6, 6.07) is 11.2. The number of nitrogens with zero attached hydrogens (tertiary/aromatic N) is 2. The van der Waals surface area contributed by atoms with Gasteiger partial charge in [-0.25, -0.2) is 0 Å². The standard InChI is InChI=1S/C22H34ClN3/c1-4-18(2)20(22(3,23)26-14-9-6-10-15-26)21(25-16-13-24-17-25)19-11-7-5-8-12-19/h5,7-8,11-12,21,24H,4,6,9-10,13-17H2,1-3H3/b20-18-. The lowest BCUT2D eigenvalue weighted by Crippen LogP contribution is -2.49. The minimum atomic E-state index is -0.441. The van der Waals surface area contributed by atoms with Crippen LogP contribution in [0.1, 0.15) is 58.1 Å². The minimum Gasteiger partial charge on any atom is -0.303 e. The van der Waals surface area contributed by atoms with Crippen molar-refractivity contribution in [3.63, 3.8) is 0 Å². The van der Waals surface area contributed by atoms with Crippen LogP contribution in [0.25, 0.3) is 0 Å². The van der Waals surface area contributed by atoms with Crippen LogP contribution < -0.4 is 5.32 Å². The molecule has 3 rings (SSSR count). The van der Waals surface area contributed by atoms with E-state index in [2.05, 4.69) is 66.2 Å². The largest absolute Gasteiger partial charge is 0.303 e. The van der Waals surface area contributed by atoms with Crippen LogP contribution in [0, 0.1) is 0 Å². The summed E-state index contributed by atoms with van der Waals surface area (Å²) >= 11 is 7.40. The molecule has 2 unspecified atom stereocenters. The van der Waals surface area contributed by atoms with Crippen molar-refractivity contribution in [2.75, 3.05) is 32.8 Å². The number of hydrogen-bond donors (Lipinski definition) is 1. The van der Waals surface area contributed by atoms with E-state index < -0.39 is 5.00 Å². The molecule has 2 aliphatic rings. The Balaban J connectivity index is 2.06. The summed E-state index contributed by atoms with van der Waals surface area (Å²) < 4.78 is 0. The zero-order chi connectivity index (χ0) is 18.6. The highest BCUT2D eigenvalue weighted by molar-refractivity contribution is 6.25. The van der Waals surface area contributed by atoms with Gasteiger partial charge < -0.3 is 5.32 Å². The molecule has 0 amide bonds. The second-order valence-electron chi connectivity index (χ2n) is 7.83. The molecule has 26 heavy (non-hydrogen) atoms. The van der Waals surface area contributed by atoms with Crippen LogP contribution in [-0.2, 0) is 0 Å². The van der Waals surface area contributed by atoms with Crippen LogP contribution in [0.5, 0.6) is 0 Å². The van der Waals surface area contributed by atoms with Crippen molar-refractivity contribution < 1.29 is 0 Å². The Hall–Kier alpha value is -0.870. The van der Waals surface area contributed by atoms with Crippen molar-refractivity contribution >= 4 is 11.6 Å². The number of likely N-dealkylation sites (tertiary alicyclic amines) is 1. The fourth-order valence-electron chi connectivity index (χ4n) is 4.49. The average molecular weight is 376 g/mol. The molecule has 1 aromatic rings. The Labute approximate surface area is 164 Å². The molecule has 1 aromatic carbocycles. The van der Waals surface area contributed by atoms with Crippen LogP contribution in [-0.4, -0.2) is 47.6 Å². The SMILES string of the molecule is CC/C(C)=C(/C(c1ccccc1)N1CCNC1)C(C)(Cl)N1CCCCC1. The summed E-state index contributed by atoms with van der Waals surface area (Å²) in [6.45, 7) is 12.0. The van der Waals surface area contributed by atoms with E-state index in [4.69, 9.17) is 11.6 Å². The van der Waals surface area contributed by atoms with Crippen molar-refractivity contribution in [3.05, 3.63) is 47.0 Å². The van der Waals surface area contributed by atoms with E-state index >= 15 is 0 Å². The fourth-order valence-corrected chi connectivity index (χ4v) is 4.92. The first-order chi connectivity index (χ1) is 12.6. The third-order valence-corrected chi connectivity index (χ3v) is 6.52. The molecule has 2 saturated heterocycles. The number of allylic oxidation sites excluding steroid dienone is 1. The number of rotatable bonds is 6. The number of piperidine rings is 1. The lowest BCUT2D eigenvalue weighted by molar-refractivity contribution is 0.145. The predicted molar refractivity (Wildman–Crippen MR) is 111 cm³/mol. The van der Waals surface area contributed by atoms with Gasteiger partial charge in [-0.3, -0.25) is 9.80 Å². The molecule has 2 atom stereocenters. The van der Waals surface area contributed by atoms with Crippen molar-refractivity contribution in [2.24, 2.45) is 0 Å². The molecule has 0 aromatic heterocycles. The molecule has 1 N–H and O–H groups in total. The van der Waals surface area contributed by atoms with E-state index in [1.165, 1.54) is 36.0 Å². The van der Waals surface area contributed by atoms with Gasteiger partial charge in [0.15, 0.2) is 0 Å². The van der Waals surface area contributed by atoms with Gasteiger partial charge in [-0.05, 0) is 44.2 Å². The summed E-state index contributed by atoms with van der Waals surface area (Å²) in [7, 11) is 0. The zero-order valence-electron chi connectivity index (χ0n) is 16.6. The van der Waals surface area contributed by atoms with E-state index in [9.17, 15) is 0 Å². The topological polar surface area (TPSA) is 18.5 Å². The maximum absolute atomic E-state index is 7.40. The third-order valence-electron chi connectivity index (χ3n) is 6.08. The van der Waals surface area contributed by atoms with Gasteiger partial charge in [0.25, 0.3) is 0 Å². The number of halogens is 1. The zero-order valence-corrected chi connectivity index (χ0v) is 17.4. The molecular weight excluding hydrogens is 342 g/mol. The van der Waals surface area contributed by atoms with E-state index in [0.29, 0.717) is 0 Å². The molecule has 0 radical (unpaired) electrons. The van der Waals surface area contributed by atoms with Gasteiger partial charge in [-0.1, -0.05) is 60.9 Å². The van der Waals surface area contributed by atoms with Crippen LogP contribution >= 0.6 is 11.6 Å². The number of alkyl halides is 1. The van der Waals surface area contributed by atoms with Gasteiger partial charge in [-0.2, -0.15) is 0 Å². The Morgan fingerprint density at radius 3 is 2.42 bits per heavy atom. The van der Waals surface area contributed by atoms with E-state index in [0.717, 1.165) is 39.3 Å². The van der Waals surface area contributed by atoms with Gasteiger partial charge in [0.1, 0.15) is 5.00 Å². The second kappa shape index (κ2) is 8.88. The molecule has 0 bridgehead atoms. The summed E-state index contributed by atoms with van der Waals surface area (Å²) in [5.74, 6) is 0. The van der Waals surface area contributed by atoms with Crippen molar-refractivity contribution in [1.29, 1.82) is 0 Å². The molecule has 0 aliphatic carbocycles. The quantitative estimate of drug-likeness (QED) is 0.439. The summed E-state index contributed by atoms with van der Waals surface area (Å²) in [6.07, 6.45) is 4.87. The summed E-state index contributed by atoms with van der Waals surface area (Å²) in [5.41, 5.74) is 4.16. The lowest BCUT2D eigenvalue weighted by Gasteiger charge is -2.45. The van der Waals surface area contributed by atoms with Gasteiger partial charge in [0.2, 0.25) is 0 Å². The Kier molecular flexibility index (Phi) is 6.79. The van der Waals surface area contributed by atoms with E-state index in [-0.39, 0.29) is 6.04 Å². The number of benzene rings is 1. The smallest absolute Gasteiger partial charge is 0.117 e. The highest BCUT2D eigenvalue weighted by atomic mass is 35.5. The first-order valence-corrected chi connectivity index (χ1v) is 10.6. The monoisotopic (exact) mass is 375 g/mol. The van der Waals surface area contributed by atoms with E-state index in [1.54, 1.807) is 0 Å². The lowest BCUT2D eigenvalue weighted by atomic mass is 9.86. The van der Waals surface area contributed by atoms with Gasteiger partial charge in [0, 0.05) is 32.8 Å². The van der Waals surface area contributed by atoms with Crippen molar-refractivity contribution in [1.82, 2.24) is 15.1 Å². The maximum Gasteiger partial charge on any atom is 0.117 e. The summed E-state index contributed by atoms with van der Waals surface area (Å²) in [4.78, 5) is 4.62. The molecule has 144 valence electrons. The molecular formula is C22H34ClN3. The summed E-state index contributed by atoms with van der Waals surface area (Å²) in [5, 5.41) is 3.51. The van der Waals surface area contributed by atoms with Crippen molar-refractivity contribution in [2.45, 2.75) is 57.5 Å². The normalized spacial score (nSPS) is 24.2. The molecule has 3 nitrogen and oxygen atoms in total. The molecule has 2 aliphatic heterocycles. The highest BCUT2D eigenvalue weighted by Gasteiger charge is 2.41.